The molecule has 4 aromatic rings. The minimum absolute atomic E-state index is 0.451. The molecule has 2 N–H and O–H groups in total. The Kier molecular flexibility index (Phi) is 4.96. The molecule has 0 radical (unpaired) electrons. The van der Waals surface area contributed by atoms with Crippen molar-refractivity contribution in [2.75, 3.05) is 30.8 Å². The fraction of sp³-hybridized carbons (Fsp3) is 0.261. The molecule has 1 fully saturated rings. The van der Waals surface area contributed by atoms with Gasteiger partial charge >= 0.3 is 0 Å². The van der Waals surface area contributed by atoms with Crippen LogP contribution in [0, 0.1) is 0 Å². The van der Waals surface area contributed by atoms with Gasteiger partial charge in [0.2, 0.25) is 5.95 Å². The van der Waals surface area contributed by atoms with Gasteiger partial charge in [0.25, 0.3) is 0 Å². The first kappa shape index (κ1) is 18.8. The van der Waals surface area contributed by atoms with Gasteiger partial charge in [0.1, 0.15) is 11.6 Å². The maximum Gasteiger partial charge on any atom is 0.227 e. The van der Waals surface area contributed by atoms with Gasteiger partial charge in [-0.05, 0) is 37.1 Å². The van der Waals surface area contributed by atoms with Crippen LogP contribution in [0.3, 0.4) is 0 Å². The van der Waals surface area contributed by atoms with Gasteiger partial charge in [0, 0.05) is 35.3 Å². The molecule has 7 heteroatoms. The van der Waals surface area contributed by atoms with Gasteiger partial charge in [-0.2, -0.15) is 4.98 Å². The molecule has 5 rings (SSSR count). The van der Waals surface area contributed by atoms with Gasteiger partial charge < -0.3 is 15.4 Å². The van der Waals surface area contributed by atoms with Crippen LogP contribution in [-0.4, -0.2) is 35.2 Å². The van der Waals surface area contributed by atoms with Crippen molar-refractivity contribution in [3.8, 4) is 17.0 Å². The van der Waals surface area contributed by atoms with Crippen LogP contribution in [0.15, 0.2) is 53.9 Å². The molecule has 3 heterocycles. The molecule has 0 amide bonds. The Morgan fingerprint density at radius 3 is 2.60 bits per heavy atom. The first-order valence-electron chi connectivity index (χ1n) is 10.1. The third-order valence-electron chi connectivity index (χ3n) is 5.65. The lowest BCUT2D eigenvalue weighted by molar-refractivity contribution is 0.416. The lowest BCUT2D eigenvalue weighted by Crippen LogP contribution is -2.34. The number of para-hydroxylation sites is 2. The highest BCUT2D eigenvalue weighted by Gasteiger charge is 2.25. The number of anilines is 2. The van der Waals surface area contributed by atoms with Gasteiger partial charge in [-0.1, -0.05) is 24.3 Å². The van der Waals surface area contributed by atoms with Crippen LogP contribution < -0.4 is 15.4 Å². The van der Waals surface area contributed by atoms with Gasteiger partial charge in [0.15, 0.2) is 0 Å². The first-order valence-corrected chi connectivity index (χ1v) is 11.0. The minimum atomic E-state index is 0.451. The minimum Gasteiger partial charge on any atom is -0.496 e. The Hall–Kier alpha value is -3.19. The Balaban J connectivity index is 1.32. The van der Waals surface area contributed by atoms with Crippen LogP contribution >= 0.6 is 11.3 Å². The van der Waals surface area contributed by atoms with Crippen LogP contribution in [0.1, 0.15) is 23.8 Å². The standard InChI is InChI=1S/C23H23N5OS/c1-29-20-9-5-3-6-16(20)19-14-30-22(25-19)15-10-12-28(13-11-15)23-26-18-8-4-2-7-17(18)21(24)27-23/h2-9,14-15H,10-13H2,1H3,(H2,24,26,27). The molecule has 0 bridgehead atoms. The number of thiazole rings is 1. The Labute approximate surface area is 179 Å². The number of fused-ring (bicyclic) bond motifs is 1. The van der Waals surface area contributed by atoms with E-state index in [9.17, 15) is 0 Å². The number of hydrogen-bond acceptors (Lipinski definition) is 7. The average Bonchev–Trinajstić information content (AvgIpc) is 3.29. The maximum absolute atomic E-state index is 6.17. The van der Waals surface area contributed by atoms with E-state index >= 15 is 0 Å². The van der Waals surface area contributed by atoms with Crippen LogP contribution in [-0.2, 0) is 0 Å². The molecule has 0 unspecified atom stereocenters. The number of nitrogen functional groups attached to an aromatic ring is 1. The van der Waals surface area contributed by atoms with Crippen LogP contribution in [0.5, 0.6) is 5.75 Å². The van der Waals surface area contributed by atoms with Crippen molar-refractivity contribution < 1.29 is 4.74 Å². The van der Waals surface area contributed by atoms with Crippen molar-refractivity contribution in [2.45, 2.75) is 18.8 Å². The molecule has 1 aliphatic rings. The highest BCUT2D eigenvalue weighted by atomic mass is 32.1. The van der Waals surface area contributed by atoms with Crippen molar-refractivity contribution in [1.29, 1.82) is 0 Å². The van der Waals surface area contributed by atoms with E-state index in [2.05, 4.69) is 21.3 Å². The predicted molar refractivity (Wildman–Crippen MR) is 122 cm³/mol. The Bertz CT molecular complexity index is 1180. The number of methoxy groups -OCH3 is 1. The van der Waals surface area contributed by atoms with Crippen molar-refractivity contribution in [2.24, 2.45) is 0 Å². The van der Waals surface area contributed by atoms with E-state index in [0.29, 0.717) is 11.7 Å². The molecule has 0 spiro atoms. The molecule has 1 saturated heterocycles. The van der Waals surface area contributed by atoms with Gasteiger partial charge in [0.05, 0.1) is 23.3 Å². The normalized spacial score (nSPS) is 14.9. The third-order valence-corrected chi connectivity index (χ3v) is 6.66. The summed E-state index contributed by atoms with van der Waals surface area (Å²) >= 11 is 1.74. The fourth-order valence-electron chi connectivity index (χ4n) is 4.01. The zero-order valence-electron chi connectivity index (χ0n) is 16.8. The van der Waals surface area contributed by atoms with E-state index in [1.807, 2.05) is 42.5 Å². The summed E-state index contributed by atoms with van der Waals surface area (Å²) in [6, 6.07) is 15.9. The molecule has 1 aliphatic heterocycles. The van der Waals surface area contributed by atoms with E-state index in [-0.39, 0.29) is 0 Å². The largest absolute Gasteiger partial charge is 0.496 e. The van der Waals surface area contributed by atoms with Crippen LogP contribution in [0.4, 0.5) is 11.8 Å². The van der Waals surface area contributed by atoms with E-state index in [1.54, 1.807) is 18.4 Å². The monoisotopic (exact) mass is 417 g/mol. The molecule has 30 heavy (non-hydrogen) atoms. The summed E-state index contributed by atoms with van der Waals surface area (Å²) in [7, 11) is 1.70. The molecule has 0 saturated carbocycles. The van der Waals surface area contributed by atoms with Crippen molar-refractivity contribution in [3.05, 3.63) is 58.9 Å². The first-order chi connectivity index (χ1) is 14.7. The van der Waals surface area contributed by atoms with Crippen LogP contribution in [0.2, 0.25) is 0 Å². The number of benzene rings is 2. The summed E-state index contributed by atoms with van der Waals surface area (Å²) in [6.07, 6.45) is 2.05. The van der Waals surface area contributed by atoms with Crippen molar-refractivity contribution in [1.82, 2.24) is 15.0 Å². The molecular formula is C23H23N5OS. The van der Waals surface area contributed by atoms with E-state index < -0.39 is 0 Å². The summed E-state index contributed by atoms with van der Waals surface area (Å²) in [5.74, 6) is 2.57. The summed E-state index contributed by atoms with van der Waals surface area (Å²) in [4.78, 5) is 16.4. The third kappa shape index (κ3) is 3.45. The number of nitrogens with zero attached hydrogens (tertiary/aromatic N) is 4. The van der Waals surface area contributed by atoms with Crippen molar-refractivity contribution >= 4 is 34.0 Å². The Morgan fingerprint density at radius 1 is 1.00 bits per heavy atom. The number of ether oxygens (including phenoxy) is 1. The Morgan fingerprint density at radius 2 is 1.77 bits per heavy atom. The van der Waals surface area contributed by atoms with Crippen LogP contribution in [0.25, 0.3) is 22.2 Å². The molecular weight excluding hydrogens is 394 g/mol. The summed E-state index contributed by atoms with van der Waals surface area (Å²) < 4.78 is 5.49. The van der Waals surface area contributed by atoms with Gasteiger partial charge in [-0.15, -0.1) is 11.3 Å². The number of nitrogens with two attached hydrogens (primary N) is 1. The zero-order valence-corrected chi connectivity index (χ0v) is 17.6. The number of piperidine rings is 1. The zero-order chi connectivity index (χ0) is 20.5. The number of rotatable bonds is 4. The predicted octanol–water partition coefficient (Wildman–Crippen LogP) is 4.73. The van der Waals surface area contributed by atoms with Gasteiger partial charge in [-0.3, -0.25) is 0 Å². The summed E-state index contributed by atoms with van der Waals surface area (Å²) in [5, 5.41) is 4.23. The quantitative estimate of drug-likeness (QED) is 0.517. The van der Waals surface area contributed by atoms with Crippen molar-refractivity contribution in [3.63, 3.8) is 0 Å². The summed E-state index contributed by atoms with van der Waals surface area (Å²) in [6.45, 7) is 1.79. The number of aromatic nitrogens is 3. The maximum atomic E-state index is 6.17. The lowest BCUT2D eigenvalue weighted by Gasteiger charge is -2.31. The second-order valence-electron chi connectivity index (χ2n) is 7.46. The molecule has 0 atom stereocenters. The van der Waals surface area contributed by atoms with Gasteiger partial charge in [-0.25, -0.2) is 9.97 Å². The highest BCUT2D eigenvalue weighted by Crippen LogP contribution is 2.36. The second-order valence-corrected chi connectivity index (χ2v) is 8.35. The topological polar surface area (TPSA) is 77.2 Å². The average molecular weight is 418 g/mol. The SMILES string of the molecule is COc1ccccc1-c1csc(C2CCN(c3nc(N)c4ccccc4n3)CC2)n1. The fourth-order valence-corrected chi connectivity index (χ4v) is 5.00. The smallest absolute Gasteiger partial charge is 0.227 e. The van der Waals surface area contributed by atoms with E-state index in [0.717, 1.165) is 59.8 Å². The molecule has 0 aliphatic carbocycles. The number of hydrogen-bond donors (Lipinski definition) is 1. The molecule has 2 aromatic heterocycles. The van der Waals surface area contributed by atoms with E-state index in [4.69, 9.17) is 20.4 Å². The van der Waals surface area contributed by atoms with E-state index in [1.165, 1.54) is 5.01 Å². The molecule has 152 valence electrons. The summed E-state index contributed by atoms with van der Waals surface area (Å²) in [5.41, 5.74) is 9.09. The highest BCUT2D eigenvalue weighted by molar-refractivity contribution is 7.10. The second kappa shape index (κ2) is 7.91. The molecule has 2 aromatic carbocycles. The molecule has 6 nitrogen and oxygen atoms in total. The lowest BCUT2D eigenvalue weighted by atomic mass is 9.97.